The third-order valence-electron chi connectivity index (χ3n) is 3.22. The molecule has 8 nitrogen and oxygen atoms in total. The molecule has 1 aliphatic heterocycles. The molecule has 2 rings (SSSR count). The maximum Gasteiger partial charge on any atom is 0.246 e. The Morgan fingerprint density at radius 2 is 1.86 bits per heavy atom. The predicted molar refractivity (Wildman–Crippen MR) is 73.8 cm³/mol. The summed E-state index contributed by atoms with van der Waals surface area (Å²) in [5.74, 6) is 0.486. The topological polar surface area (TPSA) is 106 Å². The monoisotopic (exact) mass is 295 g/mol. The van der Waals surface area contributed by atoms with Gasteiger partial charge in [0.15, 0.2) is 5.82 Å². The van der Waals surface area contributed by atoms with Crippen LogP contribution in [0.5, 0.6) is 0 Å². The molecule has 116 valence electrons. The van der Waals surface area contributed by atoms with Crippen molar-refractivity contribution in [3.05, 3.63) is 11.7 Å². The number of aromatic nitrogens is 2. The fourth-order valence-electron chi connectivity index (χ4n) is 2.06. The maximum atomic E-state index is 12.1. The van der Waals surface area contributed by atoms with Gasteiger partial charge in [-0.3, -0.25) is 9.59 Å². The molecule has 0 saturated carbocycles. The molecule has 1 saturated heterocycles. The summed E-state index contributed by atoms with van der Waals surface area (Å²) in [6.07, 6.45) is 0.831. The van der Waals surface area contributed by atoms with Crippen LogP contribution in [0, 0.1) is 0 Å². The minimum absolute atomic E-state index is 0.0442. The lowest BCUT2D eigenvalue weighted by molar-refractivity contribution is -0.150. The molecule has 1 aliphatic rings. The van der Waals surface area contributed by atoms with E-state index in [0.29, 0.717) is 12.4 Å². The maximum absolute atomic E-state index is 12.1. The number of hydrogen-bond acceptors (Lipinski definition) is 6. The van der Waals surface area contributed by atoms with Crippen LogP contribution in [-0.2, 0) is 21.7 Å². The number of nitrogens with two attached hydrogens (primary N) is 1. The number of carbonyl (C=O) groups excluding carboxylic acids is 2. The largest absolute Gasteiger partial charge is 0.337 e. The fraction of sp³-hybridized carbons (Fsp3) is 0.692. The van der Waals surface area contributed by atoms with Gasteiger partial charge in [0, 0.05) is 6.54 Å². The van der Waals surface area contributed by atoms with Crippen molar-refractivity contribution in [3.8, 4) is 0 Å². The average molecular weight is 295 g/mol. The molecule has 0 radical (unpaired) electrons. The Kier molecular flexibility index (Phi) is 4.26. The van der Waals surface area contributed by atoms with Crippen LogP contribution in [0.1, 0.15) is 38.9 Å². The van der Waals surface area contributed by atoms with Crippen LogP contribution in [0.2, 0.25) is 0 Å². The molecular formula is C13H21N5O3. The van der Waals surface area contributed by atoms with Gasteiger partial charge in [-0.1, -0.05) is 12.1 Å². The third-order valence-corrected chi connectivity index (χ3v) is 3.22. The Hall–Kier alpha value is -1.96. The lowest BCUT2D eigenvalue weighted by Crippen LogP contribution is -2.53. The van der Waals surface area contributed by atoms with E-state index in [1.807, 2.05) is 6.92 Å². The first-order valence-corrected chi connectivity index (χ1v) is 6.98. The van der Waals surface area contributed by atoms with Crippen molar-refractivity contribution in [1.82, 2.24) is 19.9 Å². The number of nitrogens with zero attached hydrogens (tertiary/aromatic N) is 4. The number of hydrogen-bond donors (Lipinski definition) is 1. The molecule has 8 heteroatoms. The van der Waals surface area contributed by atoms with E-state index >= 15 is 0 Å². The van der Waals surface area contributed by atoms with Gasteiger partial charge in [-0.15, -0.1) is 0 Å². The van der Waals surface area contributed by atoms with E-state index in [0.717, 1.165) is 6.42 Å². The Bertz CT molecular complexity index is 534. The molecule has 21 heavy (non-hydrogen) atoms. The van der Waals surface area contributed by atoms with Crippen molar-refractivity contribution in [2.24, 2.45) is 5.73 Å². The van der Waals surface area contributed by atoms with Crippen molar-refractivity contribution in [2.45, 2.75) is 39.3 Å². The van der Waals surface area contributed by atoms with Crippen LogP contribution in [0.3, 0.4) is 0 Å². The van der Waals surface area contributed by atoms with E-state index in [1.54, 1.807) is 18.7 Å². The number of amides is 2. The van der Waals surface area contributed by atoms with Crippen molar-refractivity contribution < 1.29 is 14.1 Å². The average Bonchev–Trinajstić information content (AvgIpc) is 2.84. The summed E-state index contributed by atoms with van der Waals surface area (Å²) in [5.41, 5.74) is 5.17. The molecular weight excluding hydrogens is 274 g/mol. The first-order valence-electron chi connectivity index (χ1n) is 6.98. The van der Waals surface area contributed by atoms with E-state index in [-0.39, 0.29) is 37.3 Å². The van der Waals surface area contributed by atoms with E-state index in [4.69, 9.17) is 10.3 Å². The van der Waals surface area contributed by atoms with Crippen LogP contribution >= 0.6 is 0 Å². The molecule has 1 aromatic heterocycles. The quantitative estimate of drug-likeness (QED) is 0.809. The van der Waals surface area contributed by atoms with Crippen molar-refractivity contribution >= 4 is 11.8 Å². The Balaban J connectivity index is 2.02. The summed E-state index contributed by atoms with van der Waals surface area (Å²) in [6.45, 7) is 6.38. The molecule has 0 aliphatic carbocycles. The van der Waals surface area contributed by atoms with Gasteiger partial charge in [0.25, 0.3) is 0 Å². The highest BCUT2D eigenvalue weighted by atomic mass is 16.5. The second-order valence-electron chi connectivity index (χ2n) is 5.80. The predicted octanol–water partition coefficient (Wildman–Crippen LogP) is -0.156. The minimum atomic E-state index is -0.707. The van der Waals surface area contributed by atoms with Gasteiger partial charge in [-0.2, -0.15) is 4.98 Å². The highest BCUT2D eigenvalue weighted by Crippen LogP contribution is 2.15. The van der Waals surface area contributed by atoms with Crippen molar-refractivity contribution in [3.63, 3.8) is 0 Å². The van der Waals surface area contributed by atoms with Crippen LogP contribution in [0.4, 0.5) is 0 Å². The minimum Gasteiger partial charge on any atom is -0.337 e. The van der Waals surface area contributed by atoms with Gasteiger partial charge in [-0.25, -0.2) is 0 Å². The molecule has 2 amide bonds. The van der Waals surface area contributed by atoms with Crippen LogP contribution < -0.4 is 5.73 Å². The van der Waals surface area contributed by atoms with Gasteiger partial charge >= 0.3 is 0 Å². The molecule has 2 heterocycles. The Morgan fingerprint density at radius 3 is 2.43 bits per heavy atom. The summed E-state index contributed by atoms with van der Waals surface area (Å²) < 4.78 is 5.09. The van der Waals surface area contributed by atoms with Crippen molar-refractivity contribution in [1.29, 1.82) is 0 Å². The first-order chi connectivity index (χ1) is 9.81. The first kappa shape index (κ1) is 15.4. The van der Waals surface area contributed by atoms with Gasteiger partial charge in [-0.05, 0) is 20.3 Å². The zero-order chi connectivity index (χ0) is 15.6. The highest BCUT2D eigenvalue weighted by Gasteiger charge is 2.31. The second kappa shape index (κ2) is 5.80. The smallest absolute Gasteiger partial charge is 0.246 e. The molecule has 0 spiro atoms. The summed E-state index contributed by atoms with van der Waals surface area (Å²) >= 11 is 0. The van der Waals surface area contributed by atoms with Gasteiger partial charge in [0.2, 0.25) is 17.7 Å². The van der Waals surface area contributed by atoms with E-state index in [9.17, 15) is 9.59 Å². The van der Waals surface area contributed by atoms with E-state index in [1.165, 1.54) is 4.90 Å². The molecule has 0 unspecified atom stereocenters. The summed E-state index contributed by atoms with van der Waals surface area (Å²) in [7, 11) is 0. The molecule has 0 bridgehead atoms. The van der Waals surface area contributed by atoms with Gasteiger partial charge in [0.1, 0.15) is 13.1 Å². The second-order valence-corrected chi connectivity index (χ2v) is 5.80. The zero-order valence-corrected chi connectivity index (χ0v) is 12.6. The Labute approximate surface area is 123 Å². The lowest BCUT2D eigenvalue weighted by atomic mass is 10.1. The molecule has 1 fully saturated rings. The van der Waals surface area contributed by atoms with Crippen LogP contribution in [0.25, 0.3) is 0 Å². The Morgan fingerprint density at radius 1 is 1.24 bits per heavy atom. The highest BCUT2D eigenvalue weighted by molar-refractivity contribution is 5.92. The number of carbonyl (C=O) groups is 2. The van der Waals surface area contributed by atoms with E-state index in [2.05, 4.69) is 10.1 Å². The fourth-order valence-corrected chi connectivity index (χ4v) is 2.06. The van der Waals surface area contributed by atoms with Crippen molar-refractivity contribution in [2.75, 3.05) is 19.6 Å². The summed E-state index contributed by atoms with van der Waals surface area (Å²) in [4.78, 5) is 31.2. The summed E-state index contributed by atoms with van der Waals surface area (Å²) in [6, 6.07) is 0. The molecule has 0 aromatic carbocycles. The zero-order valence-electron chi connectivity index (χ0n) is 12.6. The van der Waals surface area contributed by atoms with E-state index < -0.39 is 5.54 Å². The van der Waals surface area contributed by atoms with Crippen LogP contribution in [0.15, 0.2) is 4.52 Å². The number of rotatable bonds is 5. The normalized spacial score (nSPS) is 16.8. The van der Waals surface area contributed by atoms with Crippen LogP contribution in [-0.4, -0.2) is 51.4 Å². The summed E-state index contributed by atoms with van der Waals surface area (Å²) in [5, 5.41) is 3.80. The SMILES string of the molecule is CCCN1CC(=O)N(Cc2nc(C(C)(C)N)no2)CC1=O. The van der Waals surface area contributed by atoms with Gasteiger partial charge < -0.3 is 20.1 Å². The molecule has 0 atom stereocenters. The number of piperazine rings is 1. The standard InChI is InChI=1S/C13H21N5O3/c1-4-5-17-7-11(20)18(8-10(17)19)6-9-15-12(16-21-9)13(2,3)14/h4-8,14H2,1-3H3. The molecule has 2 N–H and O–H groups in total. The lowest BCUT2D eigenvalue weighted by Gasteiger charge is -2.32. The third kappa shape index (κ3) is 3.57. The van der Waals surface area contributed by atoms with Gasteiger partial charge in [0.05, 0.1) is 12.1 Å². The molecule has 1 aromatic rings.